The van der Waals surface area contributed by atoms with Gasteiger partial charge in [-0.15, -0.1) is 0 Å². The molecule has 0 aliphatic carbocycles. The maximum Gasteiger partial charge on any atom is 0.163 e. The Hall–Kier alpha value is -1.58. The lowest BCUT2D eigenvalue weighted by atomic mass is 10.2. The molecule has 0 aliphatic rings. The van der Waals surface area contributed by atoms with Gasteiger partial charge in [0.15, 0.2) is 5.75 Å². The first-order valence-electron chi connectivity index (χ1n) is 5.20. The third kappa shape index (κ3) is 3.06. The molecule has 6 heteroatoms. The highest BCUT2D eigenvalue weighted by atomic mass is 79.9. The molecule has 0 spiro atoms. The van der Waals surface area contributed by atoms with Crippen LogP contribution in [0.25, 0.3) is 0 Å². The molecule has 2 rings (SSSR count). The molecule has 0 amide bonds. The van der Waals surface area contributed by atoms with Gasteiger partial charge in [0, 0.05) is 6.20 Å². The largest absolute Gasteiger partial charge is 0.496 e. The molecule has 0 atom stereocenters. The van der Waals surface area contributed by atoms with Crippen LogP contribution in [0.3, 0.4) is 0 Å². The van der Waals surface area contributed by atoms with Crippen LogP contribution in [-0.4, -0.2) is 12.1 Å². The molecule has 0 fully saturated rings. The third-order valence-electron chi connectivity index (χ3n) is 2.33. The summed E-state index contributed by atoms with van der Waals surface area (Å²) in [4.78, 5) is 3.95. The molecule has 4 nitrogen and oxygen atoms in total. The van der Waals surface area contributed by atoms with Gasteiger partial charge in [-0.1, -0.05) is 0 Å². The van der Waals surface area contributed by atoms with Gasteiger partial charge in [-0.25, -0.2) is 0 Å². The topological polar surface area (TPSA) is 55.1 Å². The van der Waals surface area contributed by atoms with Crippen molar-refractivity contribution >= 4 is 31.9 Å². The summed E-state index contributed by atoms with van der Waals surface area (Å²) < 4.78 is 12.4. The quantitative estimate of drug-likeness (QED) is 0.793. The highest BCUT2D eigenvalue weighted by Crippen LogP contribution is 2.38. The van der Waals surface area contributed by atoms with Crippen LogP contribution in [0.1, 0.15) is 5.56 Å². The molecule has 19 heavy (non-hydrogen) atoms. The van der Waals surface area contributed by atoms with Crippen molar-refractivity contribution in [2.24, 2.45) is 0 Å². The minimum absolute atomic E-state index is 0.405. The molecule has 96 valence electrons. The predicted molar refractivity (Wildman–Crippen MR) is 77.4 cm³/mol. The molecule has 0 radical (unpaired) electrons. The van der Waals surface area contributed by atoms with E-state index in [4.69, 9.17) is 14.7 Å². The van der Waals surface area contributed by atoms with Gasteiger partial charge in [0.2, 0.25) is 0 Å². The summed E-state index contributed by atoms with van der Waals surface area (Å²) in [5, 5.41) is 9.00. The van der Waals surface area contributed by atoms with E-state index in [2.05, 4.69) is 42.9 Å². The number of aromatic nitrogens is 1. The zero-order valence-corrected chi connectivity index (χ0v) is 13.0. The molecule has 1 aromatic carbocycles. The van der Waals surface area contributed by atoms with Crippen molar-refractivity contribution in [1.29, 1.82) is 5.26 Å². The first-order valence-corrected chi connectivity index (χ1v) is 6.79. The molecule has 0 N–H and O–H groups in total. The second-order valence-corrected chi connectivity index (χ2v) is 5.21. The fraction of sp³-hybridized carbons (Fsp3) is 0.0769. The summed E-state index contributed by atoms with van der Waals surface area (Å²) in [5.41, 5.74) is 0.425. The molecule has 0 saturated heterocycles. The molecule has 0 bridgehead atoms. The standard InChI is InChI=1S/C13H8Br2N2O2/c1-18-11-4-10(15)12(5-9(11)14)19-13-7-17-3-2-8(13)6-16/h2-5,7H,1H3. The molecule has 2 aromatic rings. The second kappa shape index (κ2) is 6.04. The molecule has 1 heterocycles. The van der Waals surface area contributed by atoms with Gasteiger partial charge in [-0.3, -0.25) is 4.98 Å². The molecule has 0 unspecified atom stereocenters. The highest BCUT2D eigenvalue weighted by Gasteiger charge is 2.11. The average Bonchev–Trinajstić information content (AvgIpc) is 2.43. The van der Waals surface area contributed by atoms with E-state index in [1.807, 2.05) is 0 Å². The van der Waals surface area contributed by atoms with E-state index in [0.717, 1.165) is 8.95 Å². The van der Waals surface area contributed by atoms with Crippen molar-refractivity contribution in [1.82, 2.24) is 4.98 Å². The summed E-state index contributed by atoms with van der Waals surface area (Å²) in [6, 6.07) is 7.20. The normalized spacial score (nSPS) is 9.79. The lowest BCUT2D eigenvalue weighted by molar-refractivity contribution is 0.409. The zero-order valence-electron chi connectivity index (χ0n) is 9.85. The lowest BCUT2D eigenvalue weighted by Gasteiger charge is -2.11. The average molecular weight is 384 g/mol. The third-order valence-corrected chi connectivity index (χ3v) is 3.57. The maximum absolute atomic E-state index is 9.00. The Morgan fingerprint density at radius 3 is 2.53 bits per heavy atom. The predicted octanol–water partition coefficient (Wildman–Crippen LogP) is 4.28. The minimum atomic E-state index is 0.405. The van der Waals surface area contributed by atoms with Crippen molar-refractivity contribution in [3.63, 3.8) is 0 Å². The smallest absolute Gasteiger partial charge is 0.163 e. The van der Waals surface area contributed by atoms with Crippen molar-refractivity contribution in [3.8, 4) is 23.3 Å². The van der Waals surface area contributed by atoms with E-state index >= 15 is 0 Å². The number of hydrogen-bond donors (Lipinski definition) is 0. The Morgan fingerprint density at radius 1 is 1.16 bits per heavy atom. The number of pyridine rings is 1. The first kappa shape index (κ1) is 13.8. The van der Waals surface area contributed by atoms with Crippen molar-refractivity contribution in [3.05, 3.63) is 45.1 Å². The summed E-state index contributed by atoms with van der Waals surface area (Å²) in [5.74, 6) is 1.66. The van der Waals surface area contributed by atoms with Crippen LogP contribution in [0.15, 0.2) is 39.5 Å². The van der Waals surface area contributed by atoms with Gasteiger partial charge < -0.3 is 9.47 Å². The van der Waals surface area contributed by atoms with Crippen molar-refractivity contribution in [2.75, 3.05) is 7.11 Å². The van der Waals surface area contributed by atoms with E-state index in [1.54, 1.807) is 31.5 Å². The van der Waals surface area contributed by atoms with Gasteiger partial charge in [0.25, 0.3) is 0 Å². The number of nitrogens with zero attached hydrogens (tertiary/aromatic N) is 2. The molecular formula is C13H8Br2N2O2. The van der Waals surface area contributed by atoms with Gasteiger partial charge in [0.05, 0.1) is 27.8 Å². The van der Waals surface area contributed by atoms with Crippen LogP contribution in [0.4, 0.5) is 0 Å². The SMILES string of the molecule is COc1cc(Br)c(Oc2cnccc2C#N)cc1Br. The van der Waals surface area contributed by atoms with Crippen LogP contribution in [0.5, 0.6) is 17.2 Å². The summed E-state index contributed by atoms with van der Waals surface area (Å²) in [6.45, 7) is 0. The number of methoxy groups -OCH3 is 1. The van der Waals surface area contributed by atoms with E-state index in [9.17, 15) is 0 Å². The number of ether oxygens (including phenoxy) is 2. The van der Waals surface area contributed by atoms with Crippen LogP contribution in [0.2, 0.25) is 0 Å². The molecular weight excluding hydrogens is 376 g/mol. The molecule has 1 aromatic heterocycles. The summed E-state index contributed by atoms with van der Waals surface area (Å²) in [6.07, 6.45) is 3.05. The zero-order chi connectivity index (χ0) is 13.8. The molecule has 0 saturated carbocycles. The maximum atomic E-state index is 9.00. The van der Waals surface area contributed by atoms with E-state index in [0.29, 0.717) is 22.8 Å². The van der Waals surface area contributed by atoms with Crippen molar-refractivity contribution < 1.29 is 9.47 Å². The Morgan fingerprint density at radius 2 is 1.84 bits per heavy atom. The van der Waals surface area contributed by atoms with Gasteiger partial charge >= 0.3 is 0 Å². The van der Waals surface area contributed by atoms with Crippen molar-refractivity contribution in [2.45, 2.75) is 0 Å². The monoisotopic (exact) mass is 382 g/mol. The highest BCUT2D eigenvalue weighted by molar-refractivity contribution is 9.11. The Kier molecular flexibility index (Phi) is 4.40. The van der Waals surface area contributed by atoms with Crippen LogP contribution in [-0.2, 0) is 0 Å². The Balaban J connectivity index is 2.39. The van der Waals surface area contributed by atoms with E-state index in [1.165, 1.54) is 6.20 Å². The first-order chi connectivity index (χ1) is 9.15. The van der Waals surface area contributed by atoms with E-state index < -0.39 is 0 Å². The van der Waals surface area contributed by atoms with Crippen LogP contribution >= 0.6 is 31.9 Å². The Bertz CT molecular complexity index is 654. The number of benzene rings is 1. The number of hydrogen-bond acceptors (Lipinski definition) is 4. The lowest BCUT2D eigenvalue weighted by Crippen LogP contribution is -1.92. The fourth-order valence-electron chi connectivity index (χ4n) is 1.42. The van der Waals surface area contributed by atoms with Crippen LogP contribution < -0.4 is 9.47 Å². The Labute approximate surface area is 127 Å². The summed E-state index contributed by atoms with van der Waals surface area (Å²) >= 11 is 6.78. The van der Waals surface area contributed by atoms with Gasteiger partial charge in [0.1, 0.15) is 17.6 Å². The molecule has 0 aliphatic heterocycles. The van der Waals surface area contributed by atoms with Gasteiger partial charge in [-0.2, -0.15) is 5.26 Å². The second-order valence-electron chi connectivity index (χ2n) is 3.50. The number of halogens is 2. The number of nitriles is 1. The van der Waals surface area contributed by atoms with Crippen LogP contribution in [0, 0.1) is 11.3 Å². The number of rotatable bonds is 3. The van der Waals surface area contributed by atoms with Gasteiger partial charge in [-0.05, 0) is 50.1 Å². The minimum Gasteiger partial charge on any atom is -0.496 e. The summed E-state index contributed by atoms with van der Waals surface area (Å²) in [7, 11) is 1.59. The fourth-order valence-corrected chi connectivity index (χ4v) is 2.30. The van der Waals surface area contributed by atoms with E-state index in [-0.39, 0.29) is 0 Å².